The molecule has 0 aliphatic carbocycles. The number of hydrogen-bond acceptors (Lipinski definition) is 5. The molecule has 0 atom stereocenters. The van der Waals surface area contributed by atoms with Gasteiger partial charge < -0.3 is 5.32 Å². The fourth-order valence-corrected chi connectivity index (χ4v) is 3.59. The average Bonchev–Trinajstić information content (AvgIpc) is 3.13. The summed E-state index contributed by atoms with van der Waals surface area (Å²) >= 11 is 7.18. The first-order valence-electron chi connectivity index (χ1n) is 7.51. The predicted octanol–water partition coefficient (Wildman–Crippen LogP) is 3.27. The first kappa shape index (κ1) is 16.7. The monoisotopic (exact) mass is 388 g/mol. The Morgan fingerprint density at radius 3 is 2.65 bits per heavy atom. The number of nitrogens with zero attached hydrogens (tertiary/aromatic N) is 3. The van der Waals surface area contributed by atoms with Crippen LogP contribution in [0.5, 0.6) is 0 Å². The molecule has 1 saturated heterocycles. The SMILES string of the molecule is O=C1Nc2ccc(Cl)cc2C1=NN=C1SCC(=O)N1c1ccc(F)cc1. The van der Waals surface area contributed by atoms with Gasteiger partial charge >= 0.3 is 0 Å². The molecule has 2 aromatic carbocycles. The Labute approximate surface area is 156 Å². The van der Waals surface area contributed by atoms with Crippen LogP contribution in [0.1, 0.15) is 5.56 Å². The maximum atomic E-state index is 13.1. The van der Waals surface area contributed by atoms with Crippen LogP contribution in [0, 0.1) is 5.82 Å². The van der Waals surface area contributed by atoms with Gasteiger partial charge in [-0.05, 0) is 42.5 Å². The van der Waals surface area contributed by atoms with Crippen LogP contribution in [0.25, 0.3) is 0 Å². The third-order valence-electron chi connectivity index (χ3n) is 3.79. The summed E-state index contributed by atoms with van der Waals surface area (Å²) in [6, 6.07) is 10.5. The maximum Gasteiger partial charge on any atom is 0.276 e. The van der Waals surface area contributed by atoms with Crippen LogP contribution in [0.4, 0.5) is 15.8 Å². The quantitative estimate of drug-likeness (QED) is 0.802. The van der Waals surface area contributed by atoms with Gasteiger partial charge in [0.25, 0.3) is 5.91 Å². The van der Waals surface area contributed by atoms with E-state index in [-0.39, 0.29) is 17.4 Å². The van der Waals surface area contributed by atoms with Crippen molar-refractivity contribution in [1.29, 1.82) is 0 Å². The molecule has 2 amide bonds. The highest BCUT2D eigenvalue weighted by Crippen LogP contribution is 2.29. The molecule has 0 saturated carbocycles. The Morgan fingerprint density at radius 1 is 1.12 bits per heavy atom. The van der Waals surface area contributed by atoms with E-state index in [0.717, 1.165) is 0 Å². The van der Waals surface area contributed by atoms with Crippen molar-refractivity contribution in [3.05, 3.63) is 58.9 Å². The number of thioether (sulfide) groups is 1. The molecular formula is C17H10ClFN4O2S. The summed E-state index contributed by atoms with van der Waals surface area (Å²) in [4.78, 5) is 25.6. The van der Waals surface area contributed by atoms with Crippen LogP contribution in [0.3, 0.4) is 0 Å². The normalized spacial score (nSPS) is 19.4. The molecule has 0 radical (unpaired) electrons. The lowest BCUT2D eigenvalue weighted by molar-refractivity contribution is -0.115. The summed E-state index contributed by atoms with van der Waals surface area (Å²) in [5, 5.41) is 11.6. The topological polar surface area (TPSA) is 74.1 Å². The molecule has 4 rings (SSSR count). The van der Waals surface area contributed by atoms with Crippen LogP contribution in [0.15, 0.2) is 52.7 Å². The zero-order valence-corrected chi connectivity index (χ0v) is 14.6. The first-order valence-corrected chi connectivity index (χ1v) is 8.87. The Balaban J connectivity index is 1.71. The van der Waals surface area contributed by atoms with E-state index < -0.39 is 11.7 Å². The van der Waals surface area contributed by atoms with Crippen molar-refractivity contribution in [2.75, 3.05) is 16.0 Å². The van der Waals surface area contributed by atoms with Gasteiger partial charge in [-0.1, -0.05) is 23.4 Å². The number of carbonyl (C=O) groups excluding carboxylic acids is 2. The Kier molecular flexibility index (Phi) is 4.21. The van der Waals surface area contributed by atoms with E-state index in [1.165, 1.54) is 40.9 Å². The average molecular weight is 389 g/mol. The maximum absolute atomic E-state index is 13.1. The number of nitrogens with one attached hydrogen (secondary N) is 1. The fraction of sp³-hybridized carbons (Fsp3) is 0.0588. The molecule has 2 aliphatic heterocycles. The summed E-state index contributed by atoms with van der Waals surface area (Å²) in [6.45, 7) is 0. The van der Waals surface area contributed by atoms with Crippen molar-refractivity contribution in [1.82, 2.24) is 0 Å². The van der Waals surface area contributed by atoms with Crippen molar-refractivity contribution in [2.45, 2.75) is 0 Å². The highest BCUT2D eigenvalue weighted by Gasteiger charge is 2.31. The van der Waals surface area contributed by atoms with E-state index in [1.54, 1.807) is 18.2 Å². The highest BCUT2D eigenvalue weighted by molar-refractivity contribution is 8.15. The minimum Gasteiger partial charge on any atom is -0.320 e. The largest absolute Gasteiger partial charge is 0.320 e. The summed E-state index contributed by atoms with van der Waals surface area (Å²) in [5.74, 6) is -0.799. The predicted molar refractivity (Wildman–Crippen MR) is 100 cm³/mol. The molecule has 1 fully saturated rings. The number of anilines is 2. The molecule has 2 aliphatic rings. The second-order valence-electron chi connectivity index (χ2n) is 5.47. The van der Waals surface area contributed by atoms with E-state index in [2.05, 4.69) is 15.5 Å². The van der Waals surface area contributed by atoms with Gasteiger partial charge in [0, 0.05) is 10.6 Å². The van der Waals surface area contributed by atoms with Crippen LogP contribution in [-0.4, -0.2) is 28.4 Å². The van der Waals surface area contributed by atoms with Crippen LogP contribution >= 0.6 is 23.4 Å². The molecule has 0 bridgehead atoms. The van der Waals surface area contributed by atoms with Gasteiger partial charge in [0.1, 0.15) is 5.82 Å². The molecule has 6 nitrogen and oxygen atoms in total. The van der Waals surface area contributed by atoms with Crippen molar-refractivity contribution < 1.29 is 14.0 Å². The molecule has 130 valence electrons. The summed E-state index contributed by atoms with van der Waals surface area (Å²) in [6.07, 6.45) is 0. The number of amidine groups is 1. The third kappa shape index (κ3) is 2.97. The van der Waals surface area contributed by atoms with Gasteiger partial charge in [0.15, 0.2) is 10.9 Å². The molecule has 2 aromatic rings. The standard InChI is InChI=1S/C17H10ClFN4O2S/c18-9-1-6-13-12(7-9)15(16(25)20-13)21-22-17-23(14(24)8-26-17)11-4-2-10(19)3-5-11/h1-7H,8H2,(H,20,21,25). The number of carbonyl (C=O) groups is 2. The smallest absolute Gasteiger partial charge is 0.276 e. The van der Waals surface area contributed by atoms with Crippen molar-refractivity contribution >= 4 is 57.4 Å². The van der Waals surface area contributed by atoms with Gasteiger partial charge in [-0.3, -0.25) is 14.5 Å². The van der Waals surface area contributed by atoms with Crippen LogP contribution in [0.2, 0.25) is 5.02 Å². The molecule has 9 heteroatoms. The van der Waals surface area contributed by atoms with Gasteiger partial charge in [-0.15, -0.1) is 10.2 Å². The van der Waals surface area contributed by atoms with Crippen molar-refractivity contribution in [3.8, 4) is 0 Å². The Morgan fingerprint density at radius 2 is 1.88 bits per heavy atom. The second kappa shape index (κ2) is 6.54. The second-order valence-corrected chi connectivity index (χ2v) is 6.85. The summed E-state index contributed by atoms with van der Waals surface area (Å²) in [5.41, 5.74) is 1.76. The number of halogens is 2. The fourth-order valence-electron chi connectivity index (χ4n) is 2.60. The first-order chi connectivity index (χ1) is 12.5. The van der Waals surface area contributed by atoms with Gasteiger partial charge in [-0.25, -0.2) is 4.39 Å². The van der Waals surface area contributed by atoms with E-state index in [4.69, 9.17) is 11.6 Å². The number of amides is 2. The summed E-state index contributed by atoms with van der Waals surface area (Å²) < 4.78 is 13.1. The van der Waals surface area contributed by atoms with Gasteiger partial charge in [0.05, 0.1) is 17.1 Å². The number of benzene rings is 2. The van der Waals surface area contributed by atoms with E-state index in [1.807, 2.05) is 0 Å². The minimum atomic E-state index is -0.400. The lowest BCUT2D eigenvalue weighted by Gasteiger charge is -2.14. The van der Waals surface area contributed by atoms with E-state index in [0.29, 0.717) is 27.1 Å². The number of rotatable bonds is 2. The third-order valence-corrected chi connectivity index (χ3v) is 4.93. The molecule has 26 heavy (non-hydrogen) atoms. The van der Waals surface area contributed by atoms with Crippen LogP contribution < -0.4 is 10.2 Å². The zero-order valence-electron chi connectivity index (χ0n) is 13.1. The lowest BCUT2D eigenvalue weighted by Crippen LogP contribution is -2.29. The zero-order chi connectivity index (χ0) is 18.3. The van der Waals surface area contributed by atoms with Crippen LogP contribution in [-0.2, 0) is 9.59 Å². The Bertz CT molecular complexity index is 991. The molecule has 1 N–H and O–H groups in total. The molecule has 2 heterocycles. The molecule has 0 aromatic heterocycles. The van der Waals surface area contributed by atoms with E-state index in [9.17, 15) is 14.0 Å². The highest BCUT2D eigenvalue weighted by atomic mass is 35.5. The Hall–Kier alpha value is -2.71. The van der Waals surface area contributed by atoms with Gasteiger partial charge in [-0.2, -0.15) is 0 Å². The summed E-state index contributed by atoms with van der Waals surface area (Å²) in [7, 11) is 0. The number of fused-ring (bicyclic) bond motifs is 1. The van der Waals surface area contributed by atoms with E-state index >= 15 is 0 Å². The number of hydrogen-bond donors (Lipinski definition) is 1. The minimum absolute atomic E-state index is 0.119. The lowest BCUT2D eigenvalue weighted by atomic mass is 10.1. The molecule has 0 spiro atoms. The van der Waals surface area contributed by atoms with Gasteiger partial charge in [0.2, 0.25) is 5.91 Å². The van der Waals surface area contributed by atoms with Crippen molar-refractivity contribution in [2.24, 2.45) is 10.2 Å². The molecular weight excluding hydrogens is 379 g/mol. The molecule has 0 unspecified atom stereocenters. The van der Waals surface area contributed by atoms with Crippen molar-refractivity contribution in [3.63, 3.8) is 0 Å².